The van der Waals surface area contributed by atoms with E-state index in [1.807, 2.05) is 15.5 Å². The molecule has 0 radical (unpaired) electrons. The summed E-state index contributed by atoms with van der Waals surface area (Å²) in [5, 5.41) is 0. The van der Waals surface area contributed by atoms with E-state index in [4.69, 9.17) is 10.5 Å². The molecular weight excluding hydrogens is 350 g/mol. The fourth-order valence-corrected chi connectivity index (χ4v) is 3.79. The Morgan fingerprint density at radius 1 is 1.41 bits per heavy atom. The highest BCUT2D eigenvalue weighted by atomic mass is 79.9. The molecule has 8 heteroatoms. The molecule has 2 aliphatic rings. The number of morpholine rings is 1. The van der Waals surface area contributed by atoms with Crippen LogP contribution in [0.4, 0.5) is 5.82 Å². The van der Waals surface area contributed by atoms with Gasteiger partial charge in [0.1, 0.15) is 22.6 Å². The second-order valence-corrected chi connectivity index (χ2v) is 6.62. The van der Waals surface area contributed by atoms with E-state index < -0.39 is 0 Å². The van der Waals surface area contributed by atoms with Crippen LogP contribution in [0.25, 0.3) is 5.52 Å². The van der Waals surface area contributed by atoms with Gasteiger partial charge in [0.25, 0.3) is 0 Å². The number of nitrogens with two attached hydrogens (primary N) is 1. The van der Waals surface area contributed by atoms with Crippen molar-refractivity contribution in [1.29, 1.82) is 0 Å². The number of hydrogen-bond donors (Lipinski definition) is 1. The standard InChI is InChI=1S/C14H16BrN5O2/c15-11-5-20-10(13(16)18-11)3-17-14(20)8-1-2-9-6-22-7-12(21)19(9)4-8/h3,5,8-9H,1-2,4,6-7H2,(H2,16,18)/t8-,9-/m0/s1. The maximum absolute atomic E-state index is 12.1. The molecule has 22 heavy (non-hydrogen) atoms. The molecule has 116 valence electrons. The fraction of sp³-hybridized carbons (Fsp3) is 0.500. The molecule has 4 heterocycles. The molecule has 0 aromatic carbocycles. The first-order valence-corrected chi connectivity index (χ1v) is 8.09. The molecule has 2 aromatic rings. The number of amides is 1. The van der Waals surface area contributed by atoms with Gasteiger partial charge in [0, 0.05) is 18.7 Å². The Hall–Kier alpha value is -1.67. The lowest BCUT2D eigenvalue weighted by Crippen LogP contribution is -2.53. The van der Waals surface area contributed by atoms with Crippen molar-refractivity contribution in [3.63, 3.8) is 0 Å². The minimum Gasteiger partial charge on any atom is -0.382 e. The molecule has 0 aliphatic carbocycles. The van der Waals surface area contributed by atoms with Crippen molar-refractivity contribution in [3.05, 3.63) is 22.8 Å². The van der Waals surface area contributed by atoms with Crippen LogP contribution in [0, 0.1) is 0 Å². The van der Waals surface area contributed by atoms with Gasteiger partial charge < -0.3 is 15.4 Å². The summed E-state index contributed by atoms with van der Waals surface area (Å²) in [7, 11) is 0. The molecule has 2 aliphatic heterocycles. The maximum Gasteiger partial charge on any atom is 0.248 e. The number of carbonyl (C=O) groups excluding carboxylic acids is 1. The lowest BCUT2D eigenvalue weighted by molar-refractivity contribution is -0.150. The average molecular weight is 366 g/mol. The van der Waals surface area contributed by atoms with E-state index in [1.165, 1.54) is 0 Å². The van der Waals surface area contributed by atoms with Crippen molar-refractivity contribution in [3.8, 4) is 0 Å². The molecule has 0 saturated carbocycles. The fourth-order valence-electron chi connectivity index (χ4n) is 3.39. The summed E-state index contributed by atoms with van der Waals surface area (Å²) in [6, 6.07) is 0.210. The Morgan fingerprint density at radius 3 is 3.14 bits per heavy atom. The van der Waals surface area contributed by atoms with Crippen molar-refractivity contribution < 1.29 is 9.53 Å². The number of ether oxygens (including phenoxy) is 1. The number of halogens is 1. The highest BCUT2D eigenvalue weighted by Crippen LogP contribution is 2.32. The molecular formula is C14H16BrN5O2. The Kier molecular flexibility index (Phi) is 3.30. The molecule has 4 rings (SSSR count). The summed E-state index contributed by atoms with van der Waals surface area (Å²) in [6.07, 6.45) is 5.54. The zero-order valence-corrected chi connectivity index (χ0v) is 13.5. The molecule has 2 fully saturated rings. The van der Waals surface area contributed by atoms with E-state index in [0.717, 1.165) is 24.2 Å². The van der Waals surface area contributed by atoms with Gasteiger partial charge in [-0.3, -0.25) is 9.20 Å². The predicted octanol–water partition coefficient (Wildman–Crippen LogP) is 1.18. The maximum atomic E-state index is 12.1. The van der Waals surface area contributed by atoms with Crippen molar-refractivity contribution >= 4 is 33.2 Å². The molecule has 0 unspecified atom stereocenters. The summed E-state index contributed by atoms with van der Waals surface area (Å²) < 4.78 is 7.98. The van der Waals surface area contributed by atoms with E-state index >= 15 is 0 Å². The second kappa shape index (κ2) is 5.20. The van der Waals surface area contributed by atoms with Gasteiger partial charge in [0.2, 0.25) is 5.91 Å². The van der Waals surface area contributed by atoms with Crippen LogP contribution >= 0.6 is 15.9 Å². The Morgan fingerprint density at radius 2 is 2.27 bits per heavy atom. The molecule has 2 aromatic heterocycles. The number of hydrogen-bond acceptors (Lipinski definition) is 5. The molecule has 0 spiro atoms. The number of fused-ring (bicyclic) bond motifs is 2. The number of carbonyl (C=O) groups is 1. The van der Waals surface area contributed by atoms with Crippen molar-refractivity contribution in [2.24, 2.45) is 0 Å². The first-order chi connectivity index (χ1) is 10.6. The second-order valence-electron chi connectivity index (χ2n) is 5.81. The quantitative estimate of drug-likeness (QED) is 0.819. The zero-order chi connectivity index (χ0) is 15.3. The van der Waals surface area contributed by atoms with Crippen LogP contribution in [0.2, 0.25) is 0 Å². The minimum atomic E-state index is 0.0733. The van der Waals surface area contributed by atoms with Gasteiger partial charge in [-0.25, -0.2) is 9.97 Å². The topological polar surface area (TPSA) is 85.8 Å². The molecule has 1 amide bonds. The van der Waals surface area contributed by atoms with Gasteiger partial charge in [-0.15, -0.1) is 0 Å². The van der Waals surface area contributed by atoms with Crippen LogP contribution in [0.15, 0.2) is 17.0 Å². The lowest BCUT2D eigenvalue weighted by atomic mass is 9.91. The SMILES string of the molecule is Nc1nc(Br)cn2c([C@H]3CC[C@H]4COCC(=O)N4C3)ncc12. The van der Waals surface area contributed by atoms with Crippen LogP contribution in [-0.2, 0) is 9.53 Å². The van der Waals surface area contributed by atoms with Gasteiger partial charge in [-0.2, -0.15) is 0 Å². The lowest BCUT2D eigenvalue weighted by Gasteiger charge is -2.41. The van der Waals surface area contributed by atoms with Gasteiger partial charge in [-0.1, -0.05) is 0 Å². The Labute approximate surface area is 135 Å². The highest BCUT2D eigenvalue weighted by Gasteiger charge is 2.36. The number of anilines is 1. The molecule has 2 atom stereocenters. The van der Waals surface area contributed by atoms with Crippen LogP contribution in [0.5, 0.6) is 0 Å². The first-order valence-electron chi connectivity index (χ1n) is 7.29. The van der Waals surface area contributed by atoms with Crippen LogP contribution < -0.4 is 5.73 Å². The molecule has 2 saturated heterocycles. The normalized spacial score (nSPS) is 25.5. The summed E-state index contributed by atoms with van der Waals surface area (Å²) >= 11 is 3.37. The summed E-state index contributed by atoms with van der Waals surface area (Å²) in [5.74, 6) is 1.66. The van der Waals surface area contributed by atoms with Gasteiger partial charge in [0.15, 0.2) is 5.82 Å². The number of nitrogens with zero attached hydrogens (tertiary/aromatic N) is 4. The number of imidazole rings is 1. The average Bonchev–Trinajstić information content (AvgIpc) is 2.91. The Balaban J connectivity index is 1.69. The number of piperidine rings is 1. The van der Waals surface area contributed by atoms with Gasteiger partial charge in [-0.05, 0) is 28.8 Å². The smallest absolute Gasteiger partial charge is 0.248 e. The van der Waals surface area contributed by atoms with Crippen LogP contribution in [0.3, 0.4) is 0 Å². The zero-order valence-electron chi connectivity index (χ0n) is 11.9. The van der Waals surface area contributed by atoms with Crippen molar-refractivity contribution in [2.75, 3.05) is 25.5 Å². The summed E-state index contributed by atoms with van der Waals surface area (Å²) in [6.45, 7) is 1.52. The van der Waals surface area contributed by atoms with E-state index in [9.17, 15) is 4.79 Å². The number of aromatic nitrogens is 3. The third-order valence-corrected chi connectivity index (χ3v) is 4.86. The van der Waals surface area contributed by atoms with Gasteiger partial charge in [0.05, 0.1) is 18.8 Å². The van der Waals surface area contributed by atoms with Crippen LogP contribution in [0.1, 0.15) is 24.6 Å². The molecule has 0 bridgehead atoms. The highest BCUT2D eigenvalue weighted by molar-refractivity contribution is 9.10. The van der Waals surface area contributed by atoms with Gasteiger partial charge >= 0.3 is 0 Å². The van der Waals surface area contributed by atoms with Crippen LogP contribution in [-0.4, -0.2) is 51.0 Å². The third kappa shape index (κ3) is 2.17. The van der Waals surface area contributed by atoms with E-state index in [1.54, 1.807) is 6.20 Å². The van der Waals surface area contributed by atoms with Crippen molar-refractivity contribution in [1.82, 2.24) is 19.3 Å². The third-order valence-electron chi connectivity index (χ3n) is 4.48. The molecule has 2 N–H and O–H groups in total. The minimum absolute atomic E-state index is 0.0733. The van der Waals surface area contributed by atoms with E-state index in [-0.39, 0.29) is 24.5 Å². The number of nitrogen functional groups attached to an aromatic ring is 1. The summed E-state index contributed by atoms with van der Waals surface area (Å²) in [5.41, 5.74) is 6.74. The van der Waals surface area contributed by atoms with E-state index in [2.05, 4.69) is 25.9 Å². The largest absolute Gasteiger partial charge is 0.382 e. The molecule has 7 nitrogen and oxygen atoms in total. The first kappa shape index (κ1) is 14.0. The Bertz CT molecular complexity index is 746. The monoisotopic (exact) mass is 365 g/mol. The predicted molar refractivity (Wildman–Crippen MR) is 83.4 cm³/mol. The van der Waals surface area contributed by atoms with E-state index in [0.29, 0.717) is 23.6 Å². The summed E-state index contributed by atoms with van der Waals surface area (Å²) in [4.78, 5) is 22.7. The van der Waals surface area contributed by atoms with Crippen molar-refractivity contribution in [2.45, 2.75) is 24.8 Å². The number of rotatable bonds is 1.